The van der Waals surface area contributed by atoms with Crippen LogP contribution in [0.1, 0.15) is 5.56 Å². The van der Waals surface area contributed by atoms with Gasteiger partial charge in [0.15, 0.2) is 5.82 Å². The third kappa shape index (κ3) is 3.49. The van der Waals surface area contributed by atoms with Crippen LogP contribution >= 0.6 is 22.9 Å². The molecular formula is C20H14ClN3O2S. The zero-order valence-corrected chi connectivity index (χ0v) is 15.7. The molecule has 5 nitrogen and oxygen atoms in total. The molecule has 0 aliphatic rings. The van der Waals surface area contributed by atoms with Crippen LogP contribution in [0.4, 0.5) is 0 Å². The van der Waals surface area contributed by atoms with Gasteiger partial charge in [-0.3, -0.25) is 4.79 Å². The van der Waals surface area contributed by atoms with Crippen molar-refractivity contribution >= 4 is 34.0 Å². The third-order valence-corrected chi connectivity index (χ3v) is 5.06. The molecule has 0 aliphatic heterocycles. The van der Waals surface area contributed by atoms with Gasteiger partial charge in [-0.05, 0) is 36.4 Å². The third-order valence-electron chi connectivity index (χ3n) is 3.85. The zero-order valence-electron chi connectivity index (χ0n) is 14.1. The molecule has 0 atom stereocenters. The van der Waals surface area contributed by atoms with Crippen molar-refractivity contribution in [2.75, 3.05) is 6.61 Å². The second kappa shape index (κ2) is 7.34. The second-order valence-electron chi connectivity index (χ2n) is 5.69. The van der Waals surface area contributed by atoms with Crippen LogP contribution in [0.5, 0.6) is 5.75 Å². The van der Waals surface area contributed by atoms with Gasteiger partial charge in [0, 0.05) is 16.1 Å². The molecule has 0 amide bonds. The molecule has 0 radical (unpaired) electrons. The van der Waals surface area contributed by atoms with Crippen LogP contribution < -0.4 is 14.8 Å². The fourth-order valence-electron chi connectivity index (χ4n) is 2.58. The minimum Gasteiger partial charge on any atom is -0.489 e. The number of hydrogen-bond donors (Lipinski definition) is 0. The molecule has 0 saturated heterocycles. The predicted molar refractivity (Wildman–Crippen MR) is 108 cm³/mol. The van der Waals surface area contributed by atoms with Crippen LogP contribution in [0.2, 0.25) is 5.02 Å². The van der Waals surface area contributed by atoms with E-state index >= 15 is 0 Å². The number of benzene rings is 2. The molecule has 27 heavy (non-hydrogen) atoms. The molecular weight excluding hydrogens is 382 g/mol. The fourth-order valence-corrected chi connectivity index (χ4v) is 3.60. The summed E-state index contributed by atoms with van der Waals surface area (Å²) in [5, 5.41) is 4.98. The lowest BCUT2D eigenvalue weighted by Crippen LogP contribution is -2.23. The fraction of sp³-hybridized carbons (Fsp3) is 0.0500. The molecule has 2 heterocycles. The van der Waals surface area contributed by atoms with E-state index in [9.17, 15) is 4.79 Å². The minimum absolute atomic E-state index is 0.207. The maximum atomic E-state index is 12.7. The second-order valence-corrected chi connectivity index (χ2v) is 7.14. The smallest absolute Gasteiger partial charge is 0.291 e. The van der Waals surface area contributed by atoms with Gasteiger partial charge in [-0.15, -0.1) is 5.10 Å². The summed E-state index contributed by atoms with van der Waals surface area (Å²) in [7, 11) is 0. The lowest BCUT2D eigenvalue weighted by Gasteiger charge is -2.05. The molecule has 4 rings (SSSR count). The van der Waals surface area contributed by atoms with Crippen molar-refractivity contribution < 1.29 is 4.74 Å². The van der Waals surface area contributed by atoms with Gasteiger partial charge in [0.1, 0.15) is 12.4 Å². The van der Waals surface area contributed by atoms with E-state index in [1.165, 1.54) is 15.9 Å². The number of fused-ring (bicyclic) bond motifs is 1. The van der Waals surface area contributed by atoms with Crippen molar-refractivity contribution in [1.29, 1.82) is 0 Å². The molecule has 0 bridgehead atoms. The van der Waals surface area contributed by atoms with E-state index in [0.717, 1.165) is 11.1 Å². The van der Waals surface area contributed by atoms with E-state index < -0.39 is 0 Å². The van der Waals surface area contributed by atoms with E-state index in [4.69, 9.17) is 16.3 Å². The van der Waals surface area contributed by atoms with Gasteiger partial charge >= 0.3 is 0 Å². The summed E-state index contributed by atoms with van der Waals surface area (Å²) in [6.07, 6.45) is 3.47. The molecule has 2 aromatic carbocycles. The lowest BCUT2D eigenvalue weighted by atomic mass is 10.2. The summed E-state index contributed by atoms with van der Waals surface area (Å²) < 4.78 is 7.52. The molecule has 4 aromatic rings. The Kier molecular flexibility index (Phi) is 4.75. The first-order valence-electron chi connectivity index (χ1n) is 8.15. The van der Waals surface area contributed by atoms with E-state index in [1.54, 1.807) is 24.3 Å². The number of halogens is 1. The number of rotatable bonds is 5. The van der Waals surface area contributed by atoms with Crippen LogP contribution in [-0.4, -0.2) is 21.2 Å². The van der Waals surface area contributed by atoms with Crippen molar-refractivity contribution in [3.05, 3.63) is 86.7 Å². The van der Waals surface area contributed by atoms with E-state index in [2.05, 4.69) is 16.7 Å². The topological polar surface area (TPSA) is 56.5 Å². The molecule has 7 heteroatoms. The maximum Gasteiger partial charge on any atom is 0.291 e. The van der Waals surface area contributed by atoms with Crippen LogP contribution in [0.15, 0.2) is 66.0 Å². The average molecular weight is 396 g/mol. The monoisotopic (exact) mass is 395 g/mol. The van der Waals surface area contributed by atoms with Crippen LogP contribution in [0.3, 0.4) is 0 Å². The van der Waals surface area contributed by atoms with Gasteiger partial charge in [-0.1, -0.05) is 53.8 Å². The summed E-state index contributed by atoms with van der Waals surface area (Å²) in [4.78, 5) is 17.7. The molecule has 0 saturated carbocycles. The normalized spacial score (nSPS) is 11.8. The van der Waals surface area contributed by atoms with Crippen molar-refractivity contribution in [2.24, 2.45) is 0 Å². The summed E-state index contributed by atoms with van der Waals surface area (Å²) >= 11 is 7.20. The first-order valence-corrected chi connectivity index (χ1v) is 9.35. The quantitative estimate of drug-likeness (QED) is 0.485. The number of aromatic nitrogens is 3. The summed E-state index contributed by atoms with van der Waals surface area (Å²) in [6, 6.07) is 14.7. The van der Waals surface area contributed by atoms with Gasteiger partial charge in [-0.2, -0.15) is 9.50 Å². The lowest BCUT2D eigenvalue weighted by molar-refractivity contribution is 0.362. The molecule has 0 unspecified atom stereocenters. The number of nitrogens with zero attached hydrogens (tertiary/aromatic N) is 3. The molecule has 2 aromatic heterocycles. The SMILES string of the molecule is C=CCOc1ccccc1/C=c1\sc2nc(-c3ccc(Cl)cc3)nn2c1=O. The van der Waals surface area contributed by atoms with Gasteiger partial charge in [-0.25, -0.2) is 0 Å². The molecule has 134 valence electrons. The number of para-hydroxylation sites is 1. The number of thiazole rings is 1. The van der Waals surface area contributed by atoms with Crippen LogP contribution in [0, 0.1) is 0 Å². The minimum atomic E-state index is -0.207. The largest absolute Gasteiger partial charge is 0.489 e. The van der Waals surface area contributed by atoms with E-state index in [1.807, 2.05) is 36.4 Å². The van der Waals surface area contributed by atoms with Gasteiger partial charge in [0.2, 0.25) is 4.96 Å². The highest BCUT2D eigenvalue weighted by molar-refractivity contribution is 7.15. The maximum absolute atomic E-state index is 12.7. The molecule has 0 fully saturated rings. The first-order chi connectivity index (χ1) is 13.2. The van der Waals surface area contributed by atoms with E-state index in [0.29, 0.717) is 32.7 Å². The van der Waals surface area contributed by atoms with Crippen molar-refractivity contribution in [2.45, 2.75) is 0 Å². The molecule has 0 aliphatic carbocycles. The Morgan fingerprint density at radius 2 is 1.96 bits per heavy atom. The standard InChI is InChI=1S/C20H14ClN3O2S/c1-2-11-26-16-6-4-3-5-14(16)12-17-19(25)24-20(27-17)22-18(23-24)13-7-9-15(21)10-8-13/h2-10,12H,1,11H2/b17-12-. The summed E-state index contributed by atoms with van der Waals surface area (Å²) in [5.74, 6) is 1.19. The molecule has 0 N–H and O–H groups in total. The predicted octanol–water partition coefficient (Wildman–Crippen LogP) is 3.58. The Morgan fingerprint density at radius 3 is 2.70 bits per heavy atom. The highest BCUT2D eigenvalue weighted by atomic mass is 35.5. The highest BCUT2D eigenvalue weighted by Gasteiger charge is 2.12. The Balaban J connectivity index is 1.76. The zero-order chi connectivity index (χ0) is 18.8. The van der Waals surface area contributed by atoms with Crippen molar-refractivity contribution in [3.63, 3.8) is 0 Å². The van der Waals surface area contributed by atoms with Gasteiger partial charge in [0.05, 0.1) is 4.53 Å². The van der Waals surface area contributed by atoms with Crippen LogP contribution in [0.25, 0.3) is 22.4 Å². The number of ether oxygens (including phenoxy) is 1. The average Bonchev–Trinajstić information content (AvgIpc) is 3.21. The number of hydrogen-bond acceptors (Lipinski definition) is 5. The van der Waals surface area contributed by atoms with Crippen molar-refractivity contribution in [3.8, 4) is 17.1 Å². The van der Waals surface area contributed by atoms with E-state index in [-0.39, 0.29) is 5.56 Å². The Hall–Kier alpha value is -2.96. The highest BCUT2D eigenvalue weighted by Crippen LogP contribution is 2.20. The Morgan fingerprint density at radius 1 is 1.19 bits per heavy atom. The van der Waals surface area contributed by atoms with Crippen molar-refractivity contribution in [1.82, 2.24) is 14.6 Å². The Labute approximate surface area is 163 Å². The van der Waals surface area contributed by atoms with Gasteiger partial charge in [0.25, 0.3) is 5.56 Å². The first kappa shape index (κ1) is 17.5. The molecule has 0 spiro atoms. The summed E-state index contributed by atoms with van der Waals surface area (Å²) in [6.45, 7) is 4.05. The Bertz CT molecular complexity index is 1230. The van der Waals surface area contributed by atoms with Crippen LogP contribution in [-0.2, 0) is 0 Å². The van der Waals surface area contributed by atoms with Gasteiger partial charge < -0.3 is 4.74 Å². The summed E-state index contributed by atoms with van der Waals surface area (Å²) in [5.41, 5.74) is 1.42.